The molecule has 2 rings (SSSR count). The van der Waals surface area contributed by atoms with Crippen LogP contribution in [-0.4, -0.2) is 4.98 Å². The first kappa shape index (κ1) is 13.1. The number of hydrogen-bond donors (Lipinski definition) is 1. The Bertz CT molecular complexity index is 524. The predicted molar refractivity (Wildman–Crippen MR) is 73.6 cm³/mol. The third-order valence-corrected chi connectivity index (χ3v) is 3.84. The Morgan fingerprint density at radius 1 is 1.41 bits per heavy atom. The zero-order valence-electron chi connectivity index (χ0n) is 8.31. The molecule has 0 saturated carbocycles. The Balaban J connectivity index is 2.14. The first-order chi connectivity index (χ1) is 8.06. The normalized spacial score (nSPS) is 10.6. The van der Waals surface area contributed by atoms with Gasteiger partial charge in [-0.1, -0.05) is 39.1 Å². The summed E-state index contributed by atoms with van der Waals surface area (Å²) >= 11 is 16.1. The van der Waals surface area contributed by atoms with E-state index in [1.54, 1.807) is 12.3 Å². The maximum atomic E-state index is 13.6. The standard InChI is InChI=1S/C10H6BrCl2FN2S/c11-5-1-7(12)9(8(14)2-5)15-3-6-4-16-10(13)17-6/h1-2,4,15H,3H2. The van der Waals surface area contributed by atoms with Crippen molar-refractivity contribution in [3.8, 4) is 0 Å². The first-order valence-corrected chi connectivity index (χ1v) is 6.91. The molecule has 1 aromatic heterocycles. The molecule has 0 fully saturated rings. The van der Waals surface area contributed by atoms with Crippen molar-refractivity contribution in [1.29, 1.82) is 0 Å². The van der Waals surface area contributed by atoms with E-state index in [9.17, 15) is 4.39 Å². The number of halogens is 4. The average Bonchev–Trinajstić information content (AvgIpc) is 2.62. The van der Waals surface area contributed by atoms with Gasteiger partial charge in [-0.25, -0.2) is 9.37 Å². The molecule has 0 saturated heterocycles. The van der Waals surface area contributed by atoms with E-state index < -0.39 is 5.82 Å². The number of nitrogens with one attached hydrogen (secondary N) is 1. The quantitative estimate of drug-likeness (QED) is 0.841. The summed E-state index contributed by atoms with van der Waals surface area (Å²) in [4.78, 5) is 4.81. The van der Waals surface area contributed by atoms with E-state index in [1.165, 1.54) is 17.4 Å². The molecule has 0 aliphatic rings. The van der Waals surface area contributed by atoms with Gasteiger partial charge < -0.3 is 5.32 Å². The minimum atomic E-state index is -0.403. The van der Waals surface area contributed by atoms with Gasteiger partial charge in [0.05, 0.1) is 17.3 Å². The SMILES string of the molecule is Fc1cc(Br)cc(Cl)c1NCc1cnc(Cl)s1. The fourth-order valence-electron chi connectivity index (χ4n) is 1.25. The third-order valence-electron chi connectivity index (χ3n) is 1.97. The number of hydrogen-bond acceptors (Lipinski definition) is 3. The molecule has 0 aliphatic heterocycles. The molecule has 0 atom stereocenters. The first-order valence-electron chi connectivity index (χ1n) is 4.55. The van der Waals surface area contributed by atoms with Crippen LogP contribution in [0.3, 0.4) is 0 Å². The highest BCUT2D eigenvalue weighted by Gasteiger charge is 2.09. The van der Waals surface area contributed by atoms with Gasteiger partial charge in [-0.3, -0.25) is 0 Å². The number of aromatic nitrogens is 1. The molecule has 1 heterocycles. The summed E-state index contributed by atoms with van der Waals surface area (Å²) in [7, 11) is 0. The monoisotopic (exact) mass is 354 g/mol. The van der Waals surface area contributed by atoms with Crippen molar-refractivity contribution in [3.63, 3.8) is 0 Å². The topological polar surface area (TPSA) is 24.9 Å². The Hall–Kier alpha value is -0.360. The Labute approximate surface area is 120 Å². The third kappa shape index (κ3) is 3.31. The van der Waals surface area contributed by atoms with E-state index in [0.29, 0.717) is 20.5 Å². The highest BCUT2D eigenvalue weighted by atomic mass is 79.9. The summed E-state index contributed by atoms with van der Waals surface area (Å²) in [5, 5.41) is 3.25. The smallest absolute Gasteiger partial charge is 0.183 e. The van der Waals surface area contributed by atoms with Gasteiger partial charge in [0.25, 0.3) is 0 Å². The number of thiazole rings is 1. The van der Waals surface area contributed by atoms with Crippen molar-refractivity contribution in [1.82, 2.24) is 4.98 Å². The van der Waals surface area contributed by atoms with Crippen LogP contribution in [0.1, 0.15) is 4.88 Å². The van der Waals surface area contributed by atoms with Gasteiger partial charge >= 0.3 is 0 Å². The zero-order valence-corrected chi connectivity index (χ0v) is 12.2. The van der Waals surface area contributed by atoms with Crippen molar-refractivity contribution in [3.05, 3.63) is 43.0 Å². The van der Waals surface area contributed by atoms with E-state index in [2.05, 4.69) is 26.2 Å². The Kier molecular flexibility index (Phi) is 4.25. The molecule has 2 aromatic rings. The largest absolute Gasteiger partial charge is 0.377 e. The number of rotatable bonds is 3. The molecule has 7 heteroatoms. The van der Waals surface area contributed by atoms with E-state index in [0.717, 1.165) is 4.88 Å². The van der Waals surface area contributed by atoms with Gasteiger partial charge in [0.2, 0.25) is 0 Å². The summed E-state index contributed by atoms with van der Waals surface area (Å²) in [6, 6.07) is 2.99. The molecule has 0 amide bonds. The fourth-order valence-corrected chi connectivity index (χ4v) is 3.01. The van der Waals surface area contributed by atoms with E-state index >= 15 is 0 Å². The molecule has 0 aliphatic carbocycles. The molecular formula is C10H6BrCl2FN2S. The van der Waals surface area contributed by atoms with Gasteiger partial charge in [-0.15, -0.1) is 11.3 Å². The second-order valence-corrected chi connectivity index (χ2v) is 6.20. The fraction of sp³-hybridized carbons (Fsp3) is 0.100. The molecule has 1 N–H and O–H groups in total. The minimum Gasteiger partial charge on any atom is -0.377 e. The van der Waals surface area contributed by atoms with Gasteiger partial charge in [-0.2, -0.15) is 0 Å². The van der Waals surface area contributed by atoms with Gasteiger partial charge in [0, 0.05) is 15.5 Å². The maximum absolute atomic E-state index is 13.6. The van der Waals surface area contributed by atoms with Crippen molar-refractivity contribution in [2.75, 3.05) is 5.32 Å². The van der Waals surface area contributed by atoms with Crippen LogP contribution < -0.4 is 5.32 Å². The van der Waals surface area contributed by atoms with Crippen molar-refractivity contribution in [2.45, 2.75) is 6.54 Å². The van der Waals surface area contributed by atoms with Crippen LogP contribution in [0.25, 0.3) is 0 Å². The Morgan fingerprint density at radius 2 is 2.18 bits per heavy atom. The van der Waals surface area contributed by atoms with Crippen LogP contribution in [0.15, 0.2) is 22.8 Å². The Morgan fingerprint density at radius 3 is 2.76 bits per heavy atom. The van der Waals surface area contributed by atoms with E-state index in [-0.39, 0.29) is 5.69 Å². The molecule has 1 aromatic carbocycles. The van der Waals surface area contributed by atoms with Crippen molar-refractivity contribution in [2.24, 2.45) is 0 Å². The lowest BCUT2D eigenvalue weighted by Gasteiger charge is -2.08. The highest BCUT2D eigenvalue weighted by molar-refractivity contribution is 9.10. The lowest BCUT2D eigenvalue weighted by atomic mass is 10.3. The summed E-state index contributed by atoms with van der Waals surface area (Å²) < 4.78 is 14.7. The van der Waals surface area contributed by atoms with Gasteiger partial charge in [0.15, 0.2) is 4.47 Å². The summed E-state index contributed by atoms with van der Waals surface area (Å²) in [6.45, 7) is 0.433. The maximum Gasteiger partial charge on any atom is 0.183 e. The highest BCUT2D eigenvalue weighted by Crippen LogP contribution is 2.30. The van der Waals surface area contributed by atoms with Crippen LogP contribution in [0.2, 0.25) is 9.49 Å². The minimum absolute atomic E-state index is 0.277. The molecule has 90 valence electrons. The van der Waals surface area contributed by atoms with Crippen molar-refractivity contribution >= 4 is 56.2 Å². The number of anilines is 1. The molecule has 0 bridgehead atoms. The average molecular weight is 356 g/mol. The number of benzene rings is 1. The summed E-state index contributed by atoms with van der Waals surface area (Å²) in [6.07, 6.45) is 1.64. The van der Waals surface area contributed by atoms with Crippen LogP contribution in [0, 0.1) is 5.82 Å². The lowest BCUT2D eigenvalue weighted by molar-refractivity contribution is 0.629. The molecule has 0 spiro atoms. The predicted octanol–water partition coefficient (Wildman–Crippen LogP) is 4.96. The molecular weight excluding hydrogens is 350 g/mol. The van der Waals surface area contributed by atoms with Crippen LogP contribution in [0.5, 0.6) is 0 Å². The zero-order chi connectivity index (χ0) is 12.4. The molecule has 0 unspecified atom stereocenters. The summed E-state index contributed by atoms with van der Waals surface area (Å²) in [5.41, 5.74) is 0.277. The molecule has 0 radical (unpaired) electrons. The van der Waals surface area contributed by atoms with Gasteiger partial charge in [0.1, 0.15) is 5.82 Å². The van der Waals surface area contributed by atoms with Crippen LogP contribution in [-0.2, 0) is 6.54 Å². The van der Waals surface area contributed by atoms with Crippen LogP contribution in [0.4, 0.5) is 10.1 Å². The van der Waals surface area contributed by atoms with E-state index in [1.807, 2.05) is 0 Å². The summed E-state index contributed by atoms with van der Waals surface area (Å²) in [5.74, 6) is -0.403. The lowest BCUT2D eigenvalue weighted by Crippen LogP contribution is -2.00. The van der Waals surface area contributed by atoms with Crippen LogP contribution >= 0.6 is 50.5 Å². The second kappa shape index (κ2) is 5.52. The van der Waals surface area contributed by atoms with Crippen molar-refractivity contribution < 1.29 is 4.39 Å². The molecule has 17 heavy (non-hydrogen) atoms. The second-order valence-electron chi connectivity index (χ2n) is 3.18. The molecule has 2 nitrogen and oxygen atoms in total. The van der Waals surface area contributed by atoms with Gasteiger partial charge in [-0.05, 0) is 12.1 Å². The number of nitrogens with zero attached hydrogens (tertiary/aromatic N) is 1. The van der Waals surface area contributed by atoms with E-state index in [4.69, 9.17) is 23.2 Å².